The maximum absolute atomic E-state index is 11.3. The zero-order valence-electron chi connectivity index (χ0n) is 10.5. The lowest BCUT2D eigenvalue weighted by Crippen LogP contribution is -2.28. The Morgan fingerprint density at radius 2 is 1.29 bits per heavy atom. The second-order valence-corrected chi connectivity index (χ2v) is 3.42. The number of likely N-dealkylation sites (N-methyl/N-ethyl adjacent to an activating group) is 2. The van der Waals surface area contributed by atoms with E-state index in [1.54, 1.807) is 0 Å². The van der Waals surface area contributed by atoms with Gasteiger partial charge in [-0.1, -0.05) is 13.2 Å². The molecule has 0 heterocycles. The quantitative estimate of drug-likeness (QED) is 0.603. The summed E-state index contributed by atoms with van der Waals surface area (Å²) < 4.78 is 5.17. The van der Waals surface area contributed by atoms with Crippen LogP contribution in [0, 0.1) is 0 Å². The number of ether oxygens (including phenoxy) is 1. The van der Waals surface area contributed by atoms with Crippen LogP contribution in [0.15, 0.2) is 24.3 Å². The van der Waals surface area contributed by atoms with Gasteiger partial charge in [0.1, 0.15) is 0 Å². The van der Waals surface area contributed by atoms with Crippen LogP contribution < -0.4 is 10.6 Å². The van der Waals surface area contributed by atoms with Gasteiger partial charge in [0.05, 0.1) is 13.2 Å². The van der Waals surface area contributed by atoms with Gasteiger partial charge in [-0.2, -0.15) is 0 Å². The van der Waals surface area contributed by atoms with Crippen LogP contribution in [0.5, 0.6) is 0 Å². The van der Waals surface area contributed by atoms with Crippen LogP contribution in [0.3, 0.4) is 0 Å². The van der Waals surface area contributed by atoms with Crippen LogP contribution in [0.25, 0.3) is 0 Å². The molecule has 0 atom stereocenters. The Labute approximate surface area is 102 Å². The van der Waals surface area contributed by atoms with E-state index in [1.165, 1.54) is 0 Å². The molecule has 0 aromatic carbocycles. The molecule has 5 nitrogen and oxygen atoms in total. The standard InChI is InChI=1S/C12H20N2O3/c1-5-13-11(15)9(3)7-17-8-10(4)12(16)14-6-2/h3-8H2,1-2H3,(H,13,15)(H,14,16). The molecular formula is C12H20N2O3. The van der Waals surface area contributed by atoms with Crippen molar-refractivity contribution in [2.45, 2.75) is 13.8 Å². The maximum atomic E-state index is 11.3. The normalized spacial score (nSPS) is 9.53. The van der Waals surface area contributed by atoms with Gasteiger partial charge in [0.2, 0.25) is 11.8 Å². The van der Waals surface area contributed by atoms with Crippen LogP contribution in [0.1, 0.15) is 13.8 Å². The van der Waals surface area contributed by atoms with Crippen LogP contribution in [-0.2, 0) is 14.3 Å². The van der Waals surface area contributed by atoms with Gasteiger partial charge in [-0.25, -0.2) is 0 Å². The first-order valence-corrected chi connectivity index (χ1v) is 5.52. The number of hydrogen-bond donors (Lipinski definition) is 2. The molecule has 96 valence electrons. The number of nitrogens with one attached hydrogen (secondary N) is 2. The highest BCUT2D eigenvalue weighted by Gasteiger charge is 2.08. The van der Waals surface area contributed by atoms with Gasteiger partial charge in [-0.15, -0.1) is 0 Å². The Hall–Kier alpha value is -1.62. The highest BCUT2D eigenvalue weighted by molar-refractivity contribution is 5.93. The Kier molecular flexibility index (Phi) is 7.71. The largest absolute Gasteiger partial charge is 0.372 e. The highest BCUT2D eigenvalue weighted by Crippen LogP contribution is 1.96. The number of carbonyl (C=O) groups is 2. The lowest BCUT2D eigenvalue weighted by atomic mass is 10.3. The minimum atomic E-state index is -0.240. The van der Waals surface area contributed by atoms with E-state index in [-0.39, 0.29) is 25.0 Å². The molecular weight excluding hydrogens is 220 g/mol. The number of rotatable bonds is 8. The molecule has 0 aromatic rings. The molecule has 0 radical (unpaired) electrons. The zero-order valence-corrected chi connectivity index (χ0v) is 10.5. The number of hydrogen-bond acceptors (Lipinski definition) is 3. The third kappa shape index (κ3) is 6.52. The second kappa shape index (κ2) is 8.52. The molecule has 0 rings (SSSR count). The number of amides is 2. The first-order valence-electron chi connectivity index (χ1n) is 5.52. The molecule has 0 aliphatic heterocycles. The molecule has 17 heavy (non-hydrogen) atoms. The molecule has 0 aliphatic rings. The Bertz CT molecular complexity index is 281. The van der Waals surface area contributed by atoms with Gasteiger partial charge in [0, 0.05) is 24.2 Å². The SMILES string of the molecule is C=C(COCC(=C)C(=O)NCC)C(=O)NCC. The Balaban J connectivity index is 3.84. The van der Waals surface area contributed by atoms with E-state index >= 15 is 0 Å². The predicted octanol–water partition coefficient (Wildman–Crippen LogP) is 0.388. The molecule has 5 heteroatoms. The van der Waals surface area contributed by atoms with Crippen LogP contribution in [-0.4, -0.2) is 38.1 Å². The molecule has 0 unspecified atom stereocenters. The molecule has 2 amide bonds. The lowest BCUT2D eigenvalue weighted by Gasteiger charge is -2.08. The van der Waals surface area contributed by atoms with Crippen LogP contribution in [0.2, 0.25) is 0 Å². The van der Waals surface area contributed by atoms with Crippen molar-refractivity contribution in [2.24, 2.45) is 0 Å². The predicted molar refractivity (Wildman–Crippen MR) is 66.5 cm³/mol. The van der Waals surface area contributed by atoms with Crippen molar-refractivity contribution in [3.8, 4) is 0 Å². The number of carbonyl (C=O) groups excluding carboxylic acids is 2. The first kappa shape index (κ1) is 15.4. The smallest absolute Gasteiger partial charge is 0.248 e. The van der Waals surface area contributed by atoms with Crippen molar-refractivity contribution in [1.82, 2.24) is 10.6 Å². The molecule has 0 aliphatic carbocycles. The molecule has 0 spiro atoms. The Morgan fingerprint density at radius 3 is 1.59 bits per heavy atom. The fourth-order valence-corrected chi connectivity index (χ4v) is 1.000. The molecule has 2 N–H and O–H groups in total. The summed E-state index contributed by atoms with van der Waals surface area (Å²) in [5.41, 5.74) is 0.658. The molecule has 0 saturated carbocycles. The summed E-state index contributed by atoms with van der Waals surface area (Å²) >= 11 is 0. The van der Waals surface area contributed by atoms with E-state index in [1.807, 2.05) is 13.8 Å². The van der Waals surface area contributed by atoms with Crippen LogP contribution >= 0.6 is 0 Å². The minimum Gasteiger partial charge on any atom is -0.372 e. The van der Waals surface area contributed by atoms with Crippen molar-refractivity contribution in [2.75, 3.05) is 26.3 Å². The van der Waals surface area contributed by atoms with Gasteiger partial charge in [-0.05, 0) is 13.8 Å². The topological polar surface area (TPSA) is 67.4 Å². The highest BCUT2D eigenvalue weighted by atomic mass is 16.5. The third-order valence-corrected chi connectivity index (χ3v) is 1.87. The summed E-state index contributed by atoms with van der Waals surface area (Å²) in [5, 5.41) is 5.21. The zero-order chi connectivity index (χ0) is 13.3. The van der Waals surface area contributed by atoms with E-state index in [4.69, 9.17) is 4.74 Å². The fourth-order valence-electron chi connectivity index (χ4n) is 1.000. The van der Waals surface area contributed by atoms with E-state index in [9.17, 15) is 9.59 Å². The first-order chi connectivity index (χ1) is 8.02. The summed E-state index contributed by atoms with van der Waals surface area (Å²) in [6, 6.07) is 0. The molecule has 0 bridgehead atoms. The van der Waals surface area contributed by atoms with Gasteiger partial charge < -0.3 is 15.4 Å². The van der Waals surface area contributed by atoms with E-state index in [2.05, 4.69) is 23.8 Å². The van der Waals surface area contributed by atoms with Gasteiger partial charge in [0.15, 0.2) is 0 Å². The second-order valence-electron chi connectivity index (χ2n) is 3.42. The van der Waals surface area contributed by atoms with Crippen molar-refractivity contribution in [3.63, 3.8) is 0 Å². The van der Waals surface area contributed by atoms with Crippen molar-refractivity contribution in [1.29, 1.82) is 0 Å². The van der Waals surface area contributed by atoms with E-state index in [0.717, 1.165) is 0 Å². The van der Waals surface area contributed by atoms with Crippen molar-refractivity contribution in [3.05, 3.63) is 24.3 Å². The summed E-state index contributed by atoms with van der Waals surface area (Å²) in [5.74, 6) is -0.479. The Morgan fingerprint density at radius 1 is 0.941 bits per heavy atom. The molecule has 0 saturated heterocycles. The van der Waals surface area contributed by atoms with E-state index < -0.39 is 0 Å². The van der Waals surface area contributed by atoms with Gasteiger partial charge in [0.25, 0.3) is 0 Å². The lowest BCUT2D eigenvalue weighted by molar-refractivity contribution is -0.118. The van der Waals surface area contributed by atoms with Crippen molar-refractivity contribution >= 4 is 11.8 Å². The third-order valence-electron chi connectivity index (χ3n) is 1.87. The molecule has 0 fully saturated rings. The van der Waals surface area contributed by atoms with Crippen molar-refractivity contribution < 1.29 is 14.3 Å². The fraction of sp³-hybridized carbons (Fsp3) is 0.500. The average Bonchev–Trinajstić information content (AvgIpc) is 2.29. The van der Waals surface area contributed by atoms with Gasteiger partial charge >= 0.3 is 0 Å². The monoisotopic (exact) mass is 240 g/mol. The average molecular weight is 240 g/mol. The summed E-state index contributed by atoms with van der Waals surface area (Å²) in [4.78, 5) is 22.5. The summed E-state index contributed by atoms with van der Waals surface area (Å²) in [6.07, 6.45) is 0. The minimum absolute atomic E-state index is 0.0876. The van der Waals surface area contributed by atoms with E-state index in [0.29, 0.717) is 24.2 Å². The summed E-state index contributed by atoms with van der Waals surface area (Å²) in [6.45, 7) is 12.1. The van der Waals surface area contributed by atoms with Crippen LogP contribution in [0.4, 0.5) is 0 Å². The molecule has 0 aromatic heterocycles. The maximum Gasteiger partial charge on any atom is 0.248 e. The summed E-state index contributed by atoms with van der Waals surface area (Å²) in [7, 11) is 0. The van der Waals surface area contributed by atoms with Gasteiger partial charge in [-0.3, -0.25) is 9.59 Å².